The van der Waals surface area contributed by atoms with Crippen molar-refractivity contribution < 1.29 is 34.2 Å². The van der Waals surface area contributed by atoms with E-state index in [-0.39, 0.29) is 6.83 Å². The van der Waals surface area contributed by atoms with Crippen molar-refractivity contribution in [3.63, 3.8) is 0 Å². The van der Waals surface area contributed by atoms with E-state index in [4.69, 9.17) is 0 Å². The first-order chi connectivity index (χ1) is 4.95. The number of rotatable bonds is 2. The fraction of sp³-hybridized carbons (Fsp3) is 0.667. The summed E-state index contributed by atoms with van der Waals surface area (Å²) in [7, 11) is 6.74. The molecule has 0 heterocycles. The Hall–Kier alpha value is -0.125. The molecule has 0 aliphatic rings. The summed E-state index contributed by atoms with van der Waals surface area (Å²) in [6.45, 7) is 0. The van der Waals surface area contributed by atoms with Crippen LogP contribution in [0.15, 0.2) is 0 Å². The zero-order valence-electron chi connectivity index (χ0n) is 7.42. The van der Waals surface area contributed by atoms with E-state index in [0.29, 0.717) is 0 Å². The van der Waals surface area contributed by atoms with E-state index < -0.39 is 24.6 Å². The van der Waals surface area contributed by atoms with Crippen LogP contribution < -0.4 is 0 Å². The molecule has 0 aromatic carbocycles. The summed E-state index contributed by atoms with van der Waals surface area (Å²) in [4.78, 5) is 25.1. The summed E-state index contributed by atoms with van der Waals surface area (Å²) in [5, 5.41) is 0. The zero-order chi connectivity index (χ0) is 9.02. The molecular formula is C6H12HgN2O2. The summed E-state index contributed by atoms with van der Waals surface area (Å²) >= 11 is -1.99. The first kappa shape index (κ1) is 10.9. The van der Waals surface area contributed by atoms with Crippen molar-refractivity contribution in [1.29, 1.82) is 0 Å². The maximum atomic E-state index is 11.0. The van der Waals surface area contributed by atoms with Crippen LogP contribution in [0.4, 0.5) is 9.59 Å². The monoisotopic (exact) mass is 346 g/mol. The summed E-state index contributed by atoms with van der Waals surface area (Å²) in [6, 6.07) is 0. The second-order valence-corrected chi connectivity index (χ2v) is 8.83. The average molecular weight is 345 g/mol. The molecule has 0 rings (SSSR count). The van der Waals surface area contributed by atoms with E-state index in [0.717, 1.165) is 0 Å². The predicted octanol–water partition coefficient (Wildman–Crippen LogP) is 0.432. The second kappa shape index (κ2) is 4.69. The van der Waals surface area contributed by atoms with Gasteiger partial charge in [-0.25, -0.2) is 0 Å². The number of carbonyl (C=O) groups excluding carboxylic acids is 2. The van der Waals surface area contributed by atoms with E-state index in [1.54, 1.807) is 28.2 Å². The number of amides is 2. The molecule has 4 nitrogen and oxygen atoms in total. The molecule has 0 N–H and O–H groups in total. The number of nitrogens with zero attached hydrogens (tertiary/aromatic N) is 2. The molecule has 0 radical (unpaired) electrons. The van der Waals surface area contributed by atoms with Crippen molar-refractivity contribution in [2.75, 3.05) is 28.2 Å². The van der Waals surface area contributed by atoms with Crippen LogP contribution in [0.3, 0.4) is 0 Å². The van der Waals surface area contributed by atoms with E-state index >= 15 is 0 Å². The van der Waals surface area contributed by atoms with Gasteiger partial charge in [0.15, 0.2) is 0 Å². The Morgan fingerprint density at radius 1 is 0.909 bits per heavy atom. The molecular weight excluding hydrogens is 333 g/mol. The third kappa shape index (κ3) is 4.34. The third-order valence-electron chi connectivity index (χ3n) is 1.30. The molecule has 11 heavy (non-hydrogen) atoms. The van der Waals surface area contributed by atoms with Crippen molar-refractivity contribution in [1.82, 2.24) is 9.80 Å². The zero-order valence-corrected chi connectivity index (χ0v) is 12.9. The number of hydrogen-bond donors (Lipinski definition) is 0. The van der Waals surface area contributed by atoms with Crippen molar-refractivity contribution in [2.24, 2.45) is 0 Å². The van der Waals surface area contributed by atoms with Crippen LogP contribution in [-0.2, 0) is 24.6 Å². The van der Waals surface area contributed by atoms with Crippen molar-refractivity contribution in [3.05, 3.63) is 0 Å². The van der Waals surface area contributed by atoms with E-state index in [2.05, 4.69) is 0 Å². The summed E-state index contributed by atoms with van der Waals surface area (Å²) < 4.78 is 0.118. The summed E-state index contributed by atoms with van der Waals surface area (Å²) in [5.74, 6) is 0. The summed E-state index contributed by atoms with van der Waals surface area (Å²) in [5.41, 5.74) is 0. The SMILES string of the molecule is CN(C)[C](=O)[Hg][C](=O)N(C)C. The van der Waals surface area contributed by atoms with E-state index in [9.17, 15) is 9.59 Å². The van der Waals surface area contributed by atoms with Gasteiger partial charge in [0.05, 0.1) is 0 Å². The van der Waals surface area contributed by atoms with Crippen LogP contribution in [0.1, 0.15) is 0 Å². The molecule has 0 aliphatic carbocycles. The van der Waals surface area contributed by atoms with Crippen molar-refractivity contribution in [3.8, 4) is 0 Å². The Bertz CT molecular complexity index is 150. The number of hydrogen-bond acceptors (Lipinski definition) is 2. The molecule has 0 saturated heterocycles. The maximum absolute atomic E-state index is 11.0. The topological polar surface area (TPSA) is 40.6 Å². The third-order valence-corrected chi connectivity index (χ3v) is 8.57. The van der Waals surface area contributed by atoms with Crippen LogP contribution in [0.2, 0.25) is 0 Å². The van der Waals surface area contributed by atoms with Crippen molar-refractivity contribution in [2.45, 2.75) is 0 Å². The van der Waals surface area contributed by atoms with Gasteiger partial charge in [-0.1, -0.05) is 0 Å². The molecule has 5 heteroatoms. The average Bonchev–Trinajstić information content (AvgIpc) is 1.87. The first-order valence-electron chi connectivity index (χ1n) is 3.35. The van der Waals surface area contributed by atoms with Crippen LogP contribution in [0, 0.1) is 0 Å². The molecule has 2 amide bonds. The summed E-state index contributed by atoms with van der Waals surface area (Å²) in [6.07, 6.45) is 0. The standard InChI is InChI=1S/2C3H6NO.Hg/c2*1-4(2)3-5;/h2*1-2H3;. The Kier molecular flexibility index (Phi) is 4.64. The molecule has 0 saturated carbocycles. The van der Waals surface area contributed by atoms with Crippen LogP contribution in [-0.4, -0.2) is 44.8 Å². The van der Waals surface area contributed by atoms with Crippen LogP contribution in [0.5, 0.6) is 0 Å². The van der Waals surface area contributed by atoms with Gasteiger partial charge in [0, 0.05) is 0 Å². The van der Waals surface area contributed by atoms with Gasteiger partial charge in [-0.15, -0.1) is 0 Å². The van der Waals surface area contributed by atoms with Gasteiger partial charge in [0.1, 0.15) is 0 Å². The Labute approximate surface area is 79.0 Å². The van der Waals surface area contributed by atoms with Crippen molar-refractivity contribution >= 4 is 6.83 Å². The van der Waals surface area contributed by atoms with Gasteiger partial charge in [-0.3, -0.25) is 0 Å². The van der Waals surface area contributed by atoms with Gasteiger partial charge in [-0.05, 0) is 0 Å². The van der Waals surface area contributed by atoms with Gasteiger partial charge in [0.25, 0.3) is 0 Å². The molecule has 0 atom stereocenters. The molecule has 0 fully saturated rings. The predicted molar refractivity (Wildman–Crippen MR) is 38.2 cm³/mol. The van der Waals surface area contributed by atoms with Gasteiger partial charge >= 0.3 is 79.0 Å². The van der Waals surface area contributed by atoms with E-state index in [1.807, 2.05) is 0 Å². The van der Waals surface area contributed by atoms with Crippen LogP contribution in [0.25, 0.3) is 0 Å². The van der Waals surface area contributed by atoms with Crippen LogP contribution >= 0.6 is 0 Å². The second-order valence-electron chi connectivity index (χ2n) is 2.75. The molecule has 0 spiro atoms. The quantitative estimate of drug-likeness (QED) is 0.682. The molecule has 60 valence electrons. The van der Waals surface area contributed by atoms with Gasteiger partial charge in [0.2, 0.25) is 0 Å². The normalized spacial score (nSPS) is 8.36. The fourth-order valence-electron chi connectivity index (χ4n) is 0.446. The molecule has 0 unspecified atom stereocenters. The van der Waals surface area contributed by atoms with Gasteiger partial charge < -0.3 is 0 Å². The Morgan fingerprint density at radius 2 is 1.18 bits per heavy atom. The molecule has 0 aromatic rings. The van der Waals surface area contributed by atoms with E-state index in [1.165, 1.54) is 9.80 Å². The first-order valence-corrected chi connectivity index (χ1v) is 8.85. The minimum absolute atomic E-state index is 0.0590. The van der Waals surface area contributed by atoms with Gasteiger partial charge in [-0.2, -0.15) is 0 Å². The number of carbonyl (C=O) groups is 2. The minimum atomic E-state index is -1.99. The Morgan fingerprint density at radius 3 is 1.36 bits per heavy atom. The Balaban J connectivity index is 3.86. The molecule has 0 bridgehead atoms. The molecule has 0 aromatic heterocycles. The molecule has 0 aliphatic heterocycles. The fourth-order valence-corrected chi connectivity index (χ4v) is 3.91.